The number of hydrogen-bond donors (Lipinski definition) is 2. The molecule has 0 saturated heterocycles. The normalized spacial score (nSPS) is 14.1. The van der Waals surface area contributed by atoms with Crippen molar-refractivity contribution < 1.29 is 14.3 Å². The summed E-state index contributed by atoms with van der Waals surface area (Å²) < 4.78 is 16.5. The number of carbonyl (C=O) groups is 1. The molecule has 4 aromatic rings. The molecule has 0 spiro atoms. The molecule has 0 unspecified atom stereocenters. The second-order valence-electron chi connectivity index (χ2n) is 6.89. The molecule has 1 saturated carbocycles. The lowest BCUT2D eigenvalue weighted by atomic mass is 10.1. The van der Waals surface area contributed by atoms with Crippen LogP contribution in [0.2, 0.25) is 5.02 Å². The van der Waals surface area contributed by atoms with Crippen LogP contribution >= 0.6 is 11.6 Å². The highest BCUT2D eigenvalue weighted by Gasteiger charge is 2.29. The quantitative estimate of drug-likeness (QED) is 0.537. The monoisotopic (exact) mass is 397 g/mol. The van der Waals surface area contributed by atoms with Crippen molar-refractivity contribution in [2.45, 2.75) is 18.9 Å². The lowest BCUT2D eigenvalue weighted by Gasteiger charge is -2.12. The number of rotatable bonds is 3. The zero-order valence-electron chi connectivity index (χ0n) is 14.4. The van der Waals surface area contributed by atoms with E-state index in [-0.39, 0.29) is 22.5 Å². The van der Waals surface area contributed by atoms with E-state index in [0.29, 0.717) is 21.9 Å². The van der Waals surface area contributed by atoms with E-state index < -0.39 is 17.2 Å². The molecule has 0 radical (unpaired) electrons. The highest BCUT2D eigenvalue weighted by Crippen LogP contribution is 2.39. The van der Waals surface area contributed by atoms with Gasteiger partial charge in [-0.2, -0.15) is 0 Å². The molecule has 2 heterocycles. The van der Waals surface area contributed by atoms with Gasteiger partial charge in [0.05, 0.1) is 16.4 Å². The van der Waals surface area contributed by atoms with E-state index in [0.717, 1.165) is 24.5 Å². The van der Waals surface area contributed by atoms with Crippen LogP contribution in [-0.4, -0.2) is 25.6 Å². The summed E-state index contributed by atoms with van der Waals surface area (Å²) in [7, 11) is 0. The number of H-pyrrole nitrogens is 1. The summed E-state index contributed by atoms with van der Waals surface area (Å²) in [5, 5.41) is 9.97. The van der Waals surface area contributed by atoms with E-state index in [2.05, 4.69) is 9.97 Å². The molecular formula is C20H13ClFN3O3. The third-order valence-electron chi connectivity index (χ3n) is 5.00. The first-order valence-corrected chi connectivity index (χ1v) is 9.08. The van der Waals surface area contributed by atoms with E-state index in [1.165, 1.54) is 6.20 Å². The Bertz CT molecular complexity index is 1340. The minimum absolute atomic E-state index is 0.0307. The number of carboxylic acid groups (broad SMARTS) is 1. The molecule has 1 fully saturated rings. The maximum absolute atomic E-state index is 14.8. The molecule has 28 heavy (non-hydrogen) atoms. The summed E-state index contributed by atoms with van der Waals surface area (Å²) in [5.41, 5.74) is 0.603. The number of nitrogens with one attached hydrogen (secondary N) is 1. The van der Waals surface area contributed by atoms with Crippen LogP contribution in [0.1, 0.15) is 29.2 Å². The minimum atomic E-state index is -1.33. The van der Waals surface area contributed by atoms with Gasteiger partial charge in [-0.3, -0.25) is 4.79 Å². The van der Waals surface area contributed by atoms with Crippen molar-refractivity contribution in [3.63, 3.8) is 0 Å². The van der Waals surface area contributed by atoms with Crippen LogP contribution in [0.3, 0.4) is 0 Å². The van der Waals surface area contributed by atoms with Crippen LogP contribution in [0.4, 0.5) is 4.39 Å². The van der Waals surface area contributed by atoms with Gasteiger partial charge in [0.15, 0.2) is 5.82 Å². The van der Waals surface area contributed by atoms with Crippen LogP contribution in [0.25, 0.3) is 33.3 Å². The van der Waals surface area contributed by atoms with Crippen molar-refractivity contribution in [1.82, 2.24) is 14.5 Å². The van der Waals surface area contributed by atoms with Crippen molar-refractivity contribution in [3.8, 4) is 11.4 Å². The molecule has 2 N–H and O–H groups in total. The van der Waals surface area contributed by atoms with E-state index in [1.807, 2.05) is 0 Å². The van der Waals surface area contributed by atoms with Crippen molar-refractivity contribution in [2.24, 2.45) is 0 Å². The van der Waals surface area contributed by atoms with Crippen molar-refractivity contribution >= 4 is 39.5 Å². The summed E-state index contributed by atoms with van der Waals surface area (Å²) >= 11 is 5.92. The number of nitrogens with zero attached hydrogens (tertiary/aromatic N) is 2. The van der Waals surface area contributed by atoms with Gasteiger partial charge in [-0.25, -0.2) is 14.2 Å². The number of fused-ring (bicyclic) bond motifs is 3. The number of imidazole rings is 1. The second kappa shape index (κ2) is 5.90. The Hall–Kier alpha value is -3.19. The zero-order chi connectivity index (χ0) is 19.6. The molecule has 140 valence electrons. The Kier molecular flexibility index (Phi) is 3.57. The van der Waals surface area contributed by atoms with Gasteiger partial charge in [0, 0.05) is 22.8 Å². The van der Waals surface area contributed by atoms with Crippen LogP contribution < -0.4 is 5.43 Å². The molecule has 8 heteroatoms. The number of halogens is 2. The number of benzene rings is 2. The van der Waals surface area contributed by atoms with Crippen LogP contribution in [0.15, 0.2) is 41.3 Å². The number of aromatic carboxylic acids is 1. The molecule has 0 atom stereocenters. The van der Waals surface area contributed by atoms with Crippen LogP contribution in [0, 0.1) is 5.82 Å². The maximum atomic E-state index is 14.8. The van der Waals surface area contributed by atoms with Crippen molar-refractivity contribution in [3.05, 3.63) is 63.2 Å². The fraction of sp³-hybridized carbons (Fsp3) is 0.150. The Morgan fingerprint density at radius 2 is 2.00 bits per heavy atom. The molecule has 0 amide bonds. The van der Waals surface area contributed by atoms with Gasteiger partial charge in [-0.1, -0.05) is 11.6 Å². The van der Waals surface area contributed by atoms with Gasteiger partial charge in [-0.05, 0) is 43.2 Å². The lowest BCUT2D eigenvalue weighted by molar-refractivity contribution is 0.0695. The first-order chi connectivity index (χ1) is 13.4. The van der Waals surface area contributed by atoms with Crippen LogP contribution in [0.5, 0.6) is 0 Å². The summed E-state index contributed by atoms with van der Waals surface area (Å²) in [6.07, 6.45) is 3.09. The molecule has 2 aromatic carbocycles. The number of aromatic nitrogens is 3. The number of hydrogen-bond acceptors (Lipinski definition) is 3. The highest BCUT2D eigenvalue weighted by atomic mass is 35.5. The minimum Gasteiger partial charge on any atom is -0.477 e. The van der Waals surface area contributed by atoms with Crippen molar-refractivity contribution in [1.29, 1.82) is 0 Å². The van der Waals surface area contributed by atoms with Gasteiger partial charge in [-0.15, -0.1) is 0 Å². The Morgan fingerprint density at radius 1 is 1.29 bits per heavy atom. The summed E-state index contributed by atoms with van der Waals surface area (Å²) in [6, 6.07) is 8.10. The Morgan fingerprint density at radius 3 is 2.64 bits per heavy atom. The summed E-state index contributed by atoms with van der Waals surface area (Å²) in [6.45, 7) is 0. The molecular weight excluding hydrogens is 385 g/mol. The smallest absolute Gasteiger partial charge is 0.341 e. The molecule has 6 nitrogen and oxygen atoms in total. The summed E-state index contributed by atoms with van der Waals surface area (Å²) in [5.74, 6) is -1.57. The predicted octanol–water partition coefficient (Wildman–Crippen LogP) is 4.37. The SMILES string of the molecule is O=C(O)c1cn(C2CC2)c2c(cc(F)c3nc(-c4ccc(Cl)cc4)[nH]c32)c1=O. The third kappa shape index (κ3) is 2.51. The van der Waals surface area contributed by atoms with Gasteiger partial charge in [0.25, 0.3) is 0 Å². The largest absolute Gasteiger partial charge is 0.477 e. The van der Waals surface area contributed by atoms with E-state index in [1.54, 1.807) is 28.8 Å². The van der Waals surface area contributed by atoms with Crippen molar-refractivity contribution in [2.75, 3.05) is 0 Å². The molecule has 2 aromatic heterocycles. The molecule has 0 bridgehead atoms. The zero-order valence-corrected chi connectivity index (χ0v) is 15.1. The van der Waals surface area contributed by atoms with Gasteiger partial charge >= 0.3 is 5.97 Å². The van der Waals surface area contributed by atoms with E-state index in [9.17, 15) is 19.1 Å². The average molecular weight is 398 g/mol. The molecule has 5 rings (SSSR count). The average Bonchev–Trinajstić information content (AvgIpc) is 3.41. The van der Waals surface area contributed by atoms with E-state index >= 15 is 0 Å². The second-order valence-corrected chi connectivity index (χ2v) is 7.32. The van der Waals surface area contributed by atoms with Gasteiger partial charge in [0.1, 0.15) is 16.9 Å². The fourth-order valence-electron chi connectivity index (χ4n) is 3.50. The molecule has 1 aliphatic carbocycles. The van der Waals surface area contributed by atoms with Crippen LogP contribution in [-0.2, 0) is 0 Å². The molecule has 0 aliphatic heterocycles. The lowest BCUT2D eigenvalue weighted by Crippen LogP contribution is -2.19. The Labute approximate surface area is 162 Å². The Balaban J connectivity index is 1.88. The third-order valence-corrected chi connectivity index (χ3v) is 5.25. The number of pyridine rings is 1. The summed E-state index contributed by atoms with van der Waals surface area (Å²) in [4.78, 5) is 31.6. The van der Waals surface area contributed by atoms with Gasteiger partial charge in [0.2, 0.25) is 5.43 Å². The standard InChI is InChI=1S/C20H13ClFN3O3/c21-10-3-1-9(2-4-10)19-23-15-14(22)7-12-17(16(15)24-19)25(11-5-6-11)8-13(18(12)26)20(27)28/h1-4,7-8,11H,5-6H2,(H,23,24)(H,27,28). The fourth-order valence-corrected chi connectivity index (χ4v) is 3.63. The first kappa shape index (κ1) is 16.9. The van der Waals surface area contributed by atoms with Gasteiger partial charge < -0.3 is 14.7 Å². The number of aromatic amines is 1. The predicted molar refractivity (Wildman–Crippen MR) is 103 cm³/mol. The highest BCUT2D eigenvalue weighted by molar-refractivity contribution is 6.30. The van der Waals surface area contributed by atoms with E-state index in [4.69, 9.17) is 11.6 Å². The molecule has 1 aliphatic rings. The number of carboxylic acids is 1. The topological polar surface area (TPSA) is 88.0 Å². The maximum Gasteiger partial charge on any atom is 0.341 e. The first-order valence-electron chi connectivity index (χ1n) is 8.70.